The third-order valence-electron chi connectivity index (χ3n) is 6.70. The first-order chi connectivity index (χ1) is 12.8. The molecule has 0 N–H and O–H groups in total. The molecule has 0 spiro atoms. The Morgan fingerprint density at radius 1 is 0.808 bits per heavy atom. The number of likely N-dealkylation sites (tertiary alicyclic amines) is 2. The topological polar surface area (TPSA) is 6.48 Å². The molecular formula is C24H40N2. The lowest BCUT2D eigenvalue weighted by Crippen LogP contribution is -2.46. The minimum Gasteiger partial charge on any atom is -0.303 e. The van der Waals surface area contributed by atoms with Crippen molar-refractivity contribution >= 4 is 0 Å². The van der Waals surface area contributed by atoms with Crippen LogP contribution in [0.3, 0.4) is 0 Å². The lowest BCUT2D eigenvalue weighted by Gasteiger charge is -2.44. The summed E-state index contributed by atoms with van der Waals surface area (Å²) in [5.74, 6) is 0. The summed E-state index contributed by atoms with van der Waals surface area (Å²) in [4.78, 5) is 5.48. The Morgan fingerprint density at radius 3 is 2.31 bits per heavy atom. The molecule has 0 saturated carbocycles. The molecule has 146 valence electrons. The van der Waals surface area contributed by atoms with Gasteiger partial charge in [-0.2, -0.15) is 0 Å². The number of hydrogen-bond acceptors (Lipinski definition) is 2. The van der Waals surface area contributed by atoms with Gasteiger partial charge < -0.3 is 9.80 Å². The Bertz CT molecular complexity index is 494. The number of piperidine rings is 2. The molecule has 26 heavy (non-hydrogen) atoms. The SMILES string of the molecule is CCCCCN1CCCC(CCCN2CCCCC2)(c2ccccc2)C1. The van der Waals surface area contributed by atoms with Crippen LogP contribution < -0.4 is 0 Å². The molecule has 2 fully saturated rings. The number of benzene rings is 1. The number of hydrogen-bond donors (Lipinski definition) is 0. The summed E-state index contributed by atoms with van der Waals surface area (Å²) in [7, 11) is 0. The van der Waals surface area contributed by atoms with E-state index in [0.717, 1.165) is 0 Å². The van der Waals surface area contributed by atoms with Crippen molar-refractivity contribution in [3.63, 3.8) is 0 Å². The highest BCUT2D eigenvalue weighted by Crippen LogP contribution is 2.38. The molecule has 1 aromatic carbocycles. The van der Waals surface area contributed by atoms with Gasteiger partial charge in [-0.05, 0) is 83.2 Å². The Morgan fingerprint density at radius 2 is 1.54 bits per heavy atom. The molecule has 0 amide bonds. The zero-order valence-corrected chi connectivity index (χ0v) is 17.1. The predicted molar refractivity (Wildman–Crippen MR) is 113 cm³/mol. The van der Waals surface area contributed by atoms with Crippen LogP contribution in [-0.4, -0.2) is 49.1 Å². The van der Waals surface area contributed by atoms with Crippen molar-refractivity contribution in [2.45, 2.75) is 76.5 Å². The van der Waals surface area contributed by atoms with Crippen LogP contribution in [0.15, 0.2) is 30.3 Å². The van der Waals surface area contributed by atoms with Crippen LogP contribution in [0.2, 0.25) is 0 Å². The maximum Gasteiger partial charge on any atom is 0.00812 e. The molecule has 2 saturated heterocycles. The monoisotopic (exact) mass is 356 g/mol. The fraction of sp³-hybridized carbons (Fsp3) is 0.750. The van der Waals surface area contributed by atoms with Gasteiger partial charge in [-0.1, -0.05) is 56.5 Å². The van der Waals surface area contributed by atoms with Crippen molar-refractivity contribution in [3.05, 3.63) is 35.9 Å². The van der Waals surface area contributed by atoms with Gasteiger partial charge in [0.25, 0.3) is 0 Å². The second-order valence-corrected chi connectivity index (χ2v) is 8.74. The molecule has 0 aromatic heterocycles. The van der Waals surface area contributed by atoms with Crippen molar-refractivity contribution in [2.24, 2.45) is 0 Å². The first-order valence-electron chi connectivity index (χ1n) is 11.3. The molecular weight excluding hydrogens is 316 g/mol. The smallest absolute Gasteiger partial charge is 0.00812 e. The molecule has 2 aliphatic heterocycles. The molecule has 0 aliphatic carbocycles. The highest BCUT2D eigenvalue weighted by Gasteiger charge is 2.36. The summed E-state index contributed by atoms with van der Waals surface area (Å²) in [6, 6.07) is 11.5. The highest BCUT2D eigenvalue weighted by molar-refractivity contribution is 5.26. The predicted octanol–water partition coefficient (Wildman–Crippen LogP) is 5.48. The van der Waals surface area contributed by atoms with Crippen LogP contribution in [0.4, 0.5) is 0 Å². The van der Waals surface area contributed by atoms with E-state index in [0.29, 0.717) is 5.41 Å². The minimum absolute atomic E-state index is 0.390. The van der Waals surface area contributed by atoms with Crippen LogP contribution in [0.5, 0.6) is 0 Å². The second kappa shape index (κ2) is 10.5. The van der Waals surface area contributed by atoms with Gasteiger partial charge in [0.05, 0.1) is 0 Å². The molecule has 0 bridgehead atoms. The lowest BCUT2D eigenvalue weighted by atomic mass is 9.71. The highest BCUT2D eigenvalue weighted by atomic mass is 15.1. The van der Waals surface area contributed by atoms with E-state index >= 15 is 0 Å². The second-order valence-electron chi connectivity index (χ2n) is 8.74. The van der Waals surface area contributed by atoms with E-state index in [9.17, 15) is 0 Å². The standard InChI is InChI=1S/C24H40N2/c1-2-3-8-19-26-21-12-16-24(22-26,23-13-6-4-7-14-23)15-11-20-25-17-9-5-10-18-25/h4,6-7,13-14H,2-3,5,8-12,15-22H2,1H3. The fourth-order valence-corrected chi connectivity index (χ4v) is 5.20. The van der Waals surface area contributed by atoms with Gasteiger partial charge in [0.15, 0.2) is 0 Å². The molecule has 1 unspecified atom stereocenters. The van der Waals surface area contributed by atoms with Crippen molar-refractivity contribution in [3.8, 4) is 0 Å². The largest absolute Gasteiger partial charge is 0.303 e. The van der Waals surface area contributed by atoms with Crippen LogP contribution in [-0.2, 0) is 5.41 Å². The average molecular weight is 357 g/mol. The summed E-state index contributed by atoms with van der Waals surface area (Å²) in [5.41, 5.74) is 1.99. The van der Waals surface area contributed by atoms with Crippen molar-refractivity contribution in [2.75, 3.05) is 39.3 Å². The molecule has 0 radical (unpaired) electrons. The summed E-state index contributed by atoms with van der Waals surface area (Å²) in [6.45, 7) is 10.2. The molecule has 1 aromatic rings. The van der Waals surface area contributed by atoms with E-state index < -0.39 is 0 Å². The summed E-state index contributed by atoms with van der Waals surface area (Å²) in [5, 5.41) is 0. The van der Waals surface area contributed by atoms with Gasteiger partial charge in [0.1, 0.15) is 0 Å². The number of nitrogens with zero attached hydrogens (tertiary/aromatic N) is 2. The zero-order valence-electron chi connectivity index (χ0n) is 17.1. The third kappa shape index (κ3) is 5.57. The van der Waals surface area contributed by atoms with Gasteiger partial charge in [-0.25, -0.2) is 0 Å². The average Bonchev–Trinajstić information content (AvgIpc) is 2.70. The molecule has 3 rings (SSSR count). The zero-order chi connectivity index (χ0) is 18.1. The van der Waals surface area contributed by atoms with E-state index in [1.807, 2.05) is 0 Å². The van der Waals surface area contributed by atoms with Gasteiger partial charge in [-0.3, -0.25) is 0 Å². The Kier molecular flexibility index (Phi) is 8.01. The van der Waals surface area contributed by atoms with E-state index in [1.54, 1.807) is 5.56 Å². The fourth-order valence-electron chi connectivity index (χ4n) is 5.20. The van der Waals surface area contributed by atoms with Gasteiger partial charge in [0, 0.05) is 12.0 Å². The van der Waals surface area contributed by atoms with Crippen LogP contribution in [0, 0.1) is 0 Å². The summed E-state index contributed by atoms with van der Waals surface area (Å²) < 4.78 is 0. The van der Waals surface area contributed by atoms with E-state index in [4.69, 9.17) is 0 Å². The lowest BCUT2D eigenvalue weighted by molar-refractivity contribution is 0.128. The number of rotatable bonds is 9. The molecule has 2 aliphatic rings. The van der Waals surface area contributed by atoms with Crippen molar-refractivity contribution in [1.82, 2.24) is 9.80 Å². The Balaban J connectivity index is 1.62. The summed E-state index contributed by atoms with van der Waals surface area (Å²) >= 11 is 0. The molecule has 2 heteroatoms. The normalized spacial score (nSPS) is 25.4. The Hall–Kier alpha value is -0.860. The quantitative estimate of drug-likeness (QED) is 0.541. The van der Waals surface area contributed by atoms with Gasteiger partial charge >= 0.3 is 0 Å². The van der Waals surface area contributed by atoms with E-state index in [2.05, 4.69) is 47.1 Å². The minimum atomic E-state index is 0.390. The molecule has 1 atom stereocenters. The van der Waals surface area contributed by atoms with E-state index in [-0.39, 0.29) is 0 Å². The Labute approximate surface area is 162 Å². The van der Waals surface area contributed by atoms with Gasteiger partial charge in [-0.15, -0.1) is 0 Å². The van der Waals surface area contributed by atoms with Crippen LogP contribution in [0.1, 0.15) is 76.7 Å². The molecule has 2 nitrogen and oxygen atoms in total. The maximum absolute atomic E-state index is 2.77. The molecule has 2 heterocycles. The third-order valence-corrected chi connectivity index (χ3v) is 6.70. The first kappa shape index (κ1) is 19.9. The van der Waals surface area contributed by atoms with Crippen molar-refractivity contribution in [1.29, 1.82) is 0 Å². The number of unbranched alkanes of at least 4 members (excludes halogenated alkanes) is 2. The van der Waals surface area contributed by atoms with E-state index in [1.165, 1.54) is 103 Å². The first-order valence-corrected chi connectivity index (χ1v) is 11.3. The summed E-state index contributed by atoms with van der Waals surface area (Å²) in [6.07, 6.45) is 13.8. The van der Waals surface area contributed by atoms with Crippen LogP contribution >= 0.6 is 0 Å². The van der Waals surface area contributed by atoms with Gasteiger partial charge in [0.2, 0.25) is 0 Å². The maximum atomic E-state index is 2.77. The van der Waals surface area contributed by atoms with Crippen molar-refractivity contribution < 1.29 is 0 Å². The van der Waals surface area contributed by atoms with Crippen LogP contribution in [0.25, 0.3) is 0 Å².